The molecule has 12 heavy (non-hydrogen) atoms. The smallest absolute Gasteiger partial charge is 0.147 e. The van der Waals surface area contributed by atoms with E-state index < -0.39 is 0 Å². The molecule has 2 aliphatic heterocycles. The Morgan fingerprint density at radius 2 is 2.50 bits per heavy atom. The van der Waals surface area contributed by atoms with E-state index in [9.17, 15) is 4.79 Å². The quantitative estimate of drug-likeness (QED) is 0.387. The normalized spacial score (nSPS) is 39.7. The predicted octanol–water partition coefficient (Wildman–Crippen LogP) is -0.970. The molecule has 64 valence electrons. The predicted molar refractivity (Wildman–Crippen MR) is 49.5 cm³/mol. The first-order chi connectivity index (χ1) is 5.81. The molecule has 0 aromatic heterocycles. The molecule has 2 aliphatic rings. The Morgan fingerprint density at radius 3 is 3.25 bits per heavy atom. The van der Waals surface area contributed by atoms with Crippen LogP contribution in [0.15, 0.2) is 11.8 Å². The van der Waals surface area contributed by atoms with Crippen molar-refractivity contribution < 1.29 is 4.79 Å². The van der Waals surface area contributed by atoms with E-state index in [1.54, 1.807) is 0 Å². The van der Waals surface area contributed by atoms with Crippen LogP contribution in [0.4, 0.5) is 0 Å². The van der Waals surface area contributed by atoms with Gasteiger partial charge < -0.3 is 5.32 Å². The lowest BCUT2D eigenvalue weighted by atomic mass is 9.75. The van der Waals surface area contributed by atoms with Crippen molar-refractivity contribution in [2.45, 2.75) is 18.4 Å². The van der Waals surface area contributed by atoms with Crippen molar-refractivity contribution in [1.29, 1.82) is 0 Å². The van der Waals surface area contributed by atoms with Crippen molar-refractivity contribution in [3.05, 3.63) is 11.8 Å². The van der Waals surface area contributed by atoms with Gasteiger partial charge in [0.15, 0.2) is 0 Å². The minimum Gasteiger partial charge on any atom is -0.375 e. The zero-order valence-electron chi connectivity index (χ0n) is 7.21. The summed E-state index contributed by atoms with van der Waals surface area (Å²) in [6.45, 7) is 1.05. The first kappa shape index (κ1) is 7.86. The molecule has 1 saturated heterocycles. The molecule has 0 radical (unpaired) electrons. The summed E-state index contributed by atoms with van der Waals surface area (Å²) >= 11 is 0. The minimum absolute atomic E-state index is 0.307. The Hall–Kier alpha value is -0.765. The number of fused-ring (bicyclic) bond motifs is 1. The third-order valence-electron chi connectivity index (χ3n) is 2.74. The van der Waals surface area contributed by atoms with Gasteiger partial charge in [-0.05, 0) is 13.0 Å². The van der Waals surface area contributed by atoms with Crippen LogP contribution in [-0.4, -0.2) is 26.8 Å². The standard InChI is InChI=1S/C8H13BN2O/c9-6-1-7-5(4-12)2-10-8(7)11-3-6/h2,4,6-8,10-11H,1,3,9H2. The van der Waals surface area contributed by atoms with Gasteiger partial charge in [-0.25, -0.2) is 0 Å². The van der Waals surface area contributed by atoms with Crippen molar-refractivity contribution in [1.82, 2.24) is 10.6 Å². The van der Waals surface area contributed by atoms with Crippen LogP contribution < -0.4 is 10.6 Å². The van der Waals surface area contributed by atoms with Crippen molar-refractivity contribution in [3.8, 4) is 0 Å². The first-order valence-corrected chi connectivity index (χ1v) is 4.46. The molecule has 0 aromatic carbocycles. The van der Waals surface area contributed by atoms with Gasteiger partial charge in [-0.1, -0.05) is 5.82 Å². The van der Waals surface area contributed by atoms with Crippen molar-refractivity contribution in [2.75, 3.05) is 6.54 Å². The highest BCUT2D eigenvalue weighted by Crippen LogP contribution is 2.29. The van der Waals surface area contributed by atoms with Gasteiger partial charge in [0, 0.05) is 17.7 Å². The second-order valence-electron chi connectivity index (χ2n) is 3.76. The van der Waals surface area contributed by atoms with Gasteiger partial charge in [0.1, 0.15) is 14.1 Å². The van der Waals surface area contributed by atoms with Crippen LogP contribution >= 0.6 is 0 Å². The van der Waals surface area contributed by atoms with Gasteiger partial charge in [0.05, 0.1) is 6.17 Å². The van der Waals surface area contributed by atoms with Gasteiger partial charge in [-0.3, -0.25) is 10.1 Å². The fourth-order valence-corrected chi connectivity index (χ4v) is 2.04. The fraction of sp³-hybridized carbons (Fsp3) is 0.625. The lowest BCUT2D eigenvalue weighted by Crippen LogP contribution is -2.48. The van der Waals surface area contributed by atoms with E-state index >= 15 is 0 Å². The Morgan fingerprint density at radius 1 is 1.67 bits per heavy atom. The summed E-state index contributed by atoms with van der Waals surface area (Å²) < 4.78 is 0. The molecular weight excluding hydrogens is 151 g/mol. The lowest BCUT2D eigenvalue weighted by Gasteiger charge is -2.31. The van der Waals surface area contributed by atoms with Gasteiger partial charge >= 0.3 is 0 Å². The van der Waals surface area contributed by atoms with Gasteiger partial charge in [0.25, 0.3) is 0 Å². The summed E-state index contributed by atoms with van der Waals surface area (Å²) in [6, 6.07) is 0. The SMILES string of the molecule is BC1CNC2NC=C(C=O)C2C1. The van der Waals surface area contributed by atoms with Crippen LogP contribution in [0, 0.1) is 5.92 Å². The third kappa shape index (κ3) is 1.16. The van der Waals surface area contributed by atoms with E-state index in [4.69, 9.17) is 0 Å². The molecule has 0 saturated carbocycles. The molecular formula is C8H13BN2O. The Balaban J connectivity index is 2.10. The van der Waals surface area contributed by atoms with Crippen molar-refractivity contribution in [2.24, 2.45) is 5.92 Å². The number of aldehydes is 1. The number of carbonyl (C=O) groups excluding carboxylic acids is 1. The first-order valence-electron chi connectivity index (χ1n) is 4.46. The van der Waals surface area contributed by atoms with Crippen LogP contribution in [0.5, 0.6) is 0 Å². The zero-order chi connectivity index (χ0) is 8.55. The summed E-state index contributed by atoms with van der Waals surface area (Å²) in [5.41, 5.74) is 0.916. The maximum atomic E-state index is 10.6. The number of piperidine rings is 1. The molecule has 4 heteroatoms. The second-order valence-corrected chi connectivity index (χ2v) is 3.76. The third-order valence-corrected chi connectivity index (χ3v) is 2.74. The van der Waals surface area contributed by atoms with E-state index in [1.807, 2.05) is 6.20 Å². The highest BCUT2D eigenvalue weighted by atomic mass is 16.1. The summed E-state index contributed by atoms with van der Waals surface area (Å²) in [6.07, 6.45) is 4.24. The Bertz CT molecular complexity index is 229. The maximum Gasteiger partial charge on any atom is 0.147 e. The molecule has 3 unspecified atom stereocenters. The summed E-state index contributed by atoms with van der Waals surface area (Å²) in [5.74, 6) is 1.07. The lowest BCUT2D eigenvalue weighted by molar-refractivity contribution is -0.105. The van der Waals surface area contributed by atoms with E-state index in [2.05, 4.69) is 18.5 Å². The molecule has 2 rings (SSSR count). The molecule has 2 N–H and O–H groups in total. The molecule has 0 aromatic rings. The average Bonchev–Trinajstić information content (AvgIpc) is 2.46. The molecule has 0 amide bonds. The summed E-state index contributed by atoms with van der Waals surface area (Å²) in [4.78, 5) is 10.6. The second kappa shape index (κ2) is 2.94. The largest absolute Gasteiger partial charge is 0.375 e. The molecule has 2 heterocycles. The molecule has 3 atom stereocenters. The Labute approximate surface area is 73.0 Å². The van der Waals surface area contributed by atoms with Crippen LogP contribution in [-0.2, 0) is 4.79 Å². The number of carbonyl (C=O) groups is 1. The fourth-order valence-electron chi connectivity index (χ4n) is 2.04. The topological polar surface area (TPSA) is 41.1 Å². The molecule has 1 fully saturated rings. The van der Waals surface area contributed by atoms with Crippen LogP contribution in [0.1, 0.15) is 6.42 Å². The summed E-state index contributed by atoms with van der Waals surface area (Å²) in [5, 5.41) is 6.55. The average molecular weight is 164 g/mol. The number of nitrogens with one attached hydrogen (secondary N) is 2. The van der Waals surface area contributed by atoms with Crippen LogP contribution in [0.2, 0.25) is 5.82 Å². The molecule has 0 aliphatic carbocycles. The van der Waals surface area contributed by atoms with Crippen molar-refractivity contribution in [3.63, 3.8) is 0 Å². The van der Waals surface area contributed by atoms with Crippen molar-refractivity contribution >= 4 is 14.1 Å². The van der Waals surface area contributed by atoms with Crippen LogP contribution in [0.3, 0.4) is 0 Å². The minimum atomic E-state index is 0.307. The molecule has 0 spiro atoms. The van der Waals surface area contributed by atoms with E-state index in [0.717, 1.165) is 24.8 Å². The van der Waals surface area contributed by atoms with Crippen LogP contribution in [0.25, 0.3) is 0 Å². The highest BCUT2D eigenvalue weighted by Gasteiger charge is 2.33. The highest BCUT2D eigenvalue weighted by molar-refractivity contribution is 6.11. The summed E-state index contributed by atoms with van der Waals surface area (Å²) in [7, 11) is 2.21. The zero-order valence-corrected chi connectivity index (χ0v) is 7.21. The van der Waals surface area contributed by atoms with Gasteiger partial charge in [-0.15, -0.1) is 0 Å². The van der Waals surface area contributed by atoms with E-state index in [1.165, 1.54) is 0 Å². The van der Waals surface area contributed by atoms with E-state index in [-0.39, 0.29) is 0 Å². The van der Waals surface area contributed by atoms with Gasteiger partial charge in [-0.2, -0.15) is 0 Å². The van der Waals surface area contributed by atoms with Gasteiger partial charge in [0.2, 0.25) is 0 Å². The molecule has 3 nitrogen and oxygen atoms in total. The van der Waals surface area contributed by atoms with E-state index in [0.29, 0.717) is 17.9 Å². The Kier molecular flexibility index (Phi) is 1.93. The molecule has 0 bridgehead atoms. The number of hydrogen-bond acceptors (Lipinski definition) is 3. The monoisotopic (exact) mass is 164 g/mol. The number of hydrogen-bond donors (Lipinski definition) is 2. The number of rotatable bonds is 1. The maximum absolute atomic E-state index is 10.6.